The lowest BCUT2D eigenvalue weighted by molar-refractivity contribution is 1.10. The van der Waals surface area contributed by atoms with Crippen molar-refractivity contribution in [3.63, 3.8) is 0 Å². The molecule has 1 aromatic carbocycles. The van der Waals surface area contributed by atoms with Crippen LogP contribution in [-0.2, 0) is 6.54 Å². The molecule has 0 bridgehead atoms. The van der Waals surface area contributed by atoms with Crippen LogP contribution in [-0.4, -0.2) is 5.84 Å². The van der Waals surface area contributed by atoms with Crippen molar-refractivity contribution in [3.05, 3.63) is 28.8 Å². The van der Waals surface area contributed by atoms with Gasteiger partial charge in [0.05, 0.1) is 6.54 Å². The molecular weight excluding hydrogens is 150 g/mol. The Hall–Kier alpha value is -1.51. The Morgan fingerprint density at radius 3 is 2.83 bits per heavy atom. The second kappa shape index (κ2) is 2.24. The highest BCUT2D eigenvalue weighted by Crippen LogP contribution is 2.22. The van der Waals surface area contributed by atoms with Crippen molar-refractivity contribution in [2.24, 2.45) is 10.7 Å². The van der Waals surface area contributed by atoms with E-state index in [1.165, 1.54) is 0 Å². The molecule has 0 radical (unpaired) electrons. The molecule has 62 valence electrons. The van der Waals surface area contributed by atoms with Crippen LogP contribution in [0.2, 0.25) is 0 Å². The molecule has 0 aromatic heterocycles. The standard InChI is InChI=1S/C9H11N3/c1-5-2-7-6(3-8(5)10)4-12-9(7)11/h2-3H,4,10H2,1H3,(H2,11,12). The number of nitrogens with two attached hydrogens (primary N) is 2. The molecule has 1 heterocycles. The SMILES string of the molecule is Cc1cc2c(cc1N)CN=C2N. The first-order chi connectivity index (χ1) is 5.68. The zero-order valence-electron chi connectivity index (χ0n) is 6.96. The fourth-order valence-electron chi connectivity index (χ4n) is 1.40. The largest absolute Gasteiger partial charge is 0.399 e. The van der Waals surface area contributed by atoms with Gasteiger partial charge < -0.3 is 11.5 Å². The monoisotopic (exact) mass is 161 g/mol. The molecule has 3 nitrogen and oxygen atoms in total. The number of nitrogens with zero attached hydrogens (tertiary/aromatic N) is 1. The number of aliphatic imine (C=N–C) groups is 1. The van der Waals surface area contributed by atoms with Crippen molar-refractivity contribution >= 4 is 11.5 Å². The summed E-state index contributed by atoms with van der Waals surface area (Å²) in [6.07, 6.45) is 0. The highest BCUT2D eigenvalue weighted by atomic mass is 14.9. The van der Waals surface area contributed by atoms with Crippen LogP contribution < -0.4 is 11.5 Å². The number of aryl methyl sites for hydroxylation is 1. The number of hydrogen-bond acceptors (Lipinski definition) is 3. The summed E-state index contributed by atoms with van der Waals surface area (Å²) >= 11 is 0. The van der Waals surface area contributed by atoms with Gasteiger partial charge in [-0.15, -0.1) is 0 Å². The molecule has 3 heteroatoms. The van der Waals surface area contributed by atoms with E-state index >= 15 is 0 Å². The summed E-state index contributed by atoms with van der Waals surface area (Å²) in [4.78, 5) is 4.13. The number of rotatable bonds is 0. The Kier molecular flexibility index (Phi) is 1.33. The Bertz CT molecular complexity index is 366. The molecule has 0 spiro atoms. The van der Waals surface area contributed by atoms with Crippen LogP contribution in [0.4, 0.5) is 5.69 Å². The lowest BCUT2D eigenvalue weighted by atomic mass is 10.0. The lowest BCUT2D eigenvalue weighted by Gasteiger charge is -2.04. The molecule has 0 amide bonds. The summed E-state index contributed by atoms with van der Waals surface area (Å²) in [5.74, 6) is 0.633. The molecular formula is C9H11N3. The van der Waals surface area contributed by atoms with Crippen molar-refractivity contribution in [1.29, 1.82) is 0 Å². The van der Waals surface area contributed by atoms with Crippen LogP contribution in [0.15, 0.2) is 17.1 Å². The van der Waals surface area contributed by atoms with Crippen LogP contribution in [0.25, 0.3) is 0 Å². The molecule has 2 rings (SSSR count). The molecule has 0 saturated carbocycles. The number of fused-ring (bicyclic) bond motifs is 1. The molecule has 1 aliphatic heterocycles. The normalized spacial score (nSPS) is 14.2. The minimum Gasteiger partial charge on any atom is -0.399 e. The maximum absolute atomic E-state index is 5.75. The zero-order chi connectivity index (χ0) is 8.72. The minimum atomic E-state index is 0.633. The topological polar surface area (TPSA) is 64.4 Å². The third-order valence-electron chi connectivity index (χ3n) is 2.19. The van der Waals surface area contributed by atoms with Crippen LogP contribution in [0.5, 0.6) is 0 Å². The summed E-state index contributed by atoms with van der Waals surface area (Å²) in [6, 6.07) is 3.95. The third kappa shape index (κ3) is 0.863. The molecule has 1 aromatic rings. The van der Waals surface area contributed by atoms with Gasteiger partial charge in [-0.25, -0.2) is 0 Å². The van der Waals surface area contributed by atoms with Crippen LogP contribution in [0.3, 0.4) is 0 Å². The first kappa shape index (κ1) is 7.16. The van der Waals surface area contributed by atoms with E-state index in [9.17, 15) is 0 Å². The van der Waals surface area contributed by atoms with E-state index in [2.05, 4.69) is 4.99 Å². The second-order valence-electron chi connectivity index (χ2n) is 3.07. The number of anilines is 1. The van der Waals surface area contributed by atoms with Crippen molar-refractivity contribution in [1.82, 2.24) is 0 Å². The average molecular weight is 161 g/mol. The van der Waals surface area contributed by atoms with E-state index in [1.807, 2.05) is 19.1 Å². The Balaban J connectivity index is 2.63. The van der Waals surface area contributed by atoms with Crippen LogP contribution in [0, 0.1) is 6.92 Å². The van der Waals surface area contributed by atoms with Gasteiger partial charge in [0.15, 0.2) is 0 Å². The molecule has 0 unspecified atom stereocenters. The van der Waals surface area contributed by atoms with Gasteiger partial charge in [0.25, 0.3) is 0 Å². The van der Waals surface area contributed by atoms with Crippen molar-refractivity contribution < 1.29 is 0 Å². The first-order valence-corrected chi connectivity index (χ1v) is 3.88. The molecule has 0 fully saturated rings. The van der Waals surface area contributed by atoms with Gasteiger partial charge in [-0.05, 0) is 30.2 Å². The van der Waals surface area contributed by atoms with E-state index in [0.717, 1.165) is 22.4 Å². The van der Waals surface area contributed by atoms with E-state index < -0.39 is 0 Å². The molecule has 4 N–H and O–H groups in total. The maximum atomic E-state index is 5.75. The van der Waals surface area contributed by atoms with Crippen LogP contribution in [0.1, 0.15) is 16.7 Å². The summed E-state index contributed by atoms with van der Waals surface area (Å²) < 4.78 is 0. The predicted octanol–water partition coefficient (Wildman–Crippen LogP) is 0.796. The van der Waals surface area contributed by atoms with Crippen molar-refractivity contribution in [2.75, 3.05) is 5.73 Å². The summed E-state index contributed by atoms with van der Waals surface area (Å²) in [7, 11) is 0. The van der Waals surface area contributed by atoms with Gasteiger partial charge in [-0.1, -0.05) is 0 Å². The van der Waals surface area contributed by atoms with E-state index in [-0.39, 0.29) is 0 Å². The summed E-state index contributed by atoms with van der Waals surface area (Å²) in [5, 5.41) is 0. The highest BCUT2D eigenvalue weighted by molar-refractivity contribution is 6.01. The first-order valence-electron chi connectivity index (χ1n) is 3.88. The zero-order valence-corrected chi connectivity index (χ0v) is 6.96. The molecule has 12 heavy (non-hydrogen) atoms. The van der Waals surface area contributed by atoms with Gasteiger partial charge in [-0.2, -0.15) is 0 Å². The fourth-order valence-corrected chi connectivity index (χ4v) is 1.40. The minimum absolute atomic E-state index is 0.633. The smallest absolute Gasteiger partial charge is 0.126 e. The van der Waals surface area contributed by atoms with Crippen LogP contribution >= 0.6 is 0 Å². The quantitative estimate of drug-likeness (QED) is 0.553. The molecule has 1 aliphatic rings. The lowest BCUT2D eigenvalue weighted by Crippen LogP contribution is -2.10. The summed E-state index contributed by atoms with van der Waals surface area (Å²) in [6.45, 7) is 2.65. The maximum Gasteiger partial charge on any atom is 0.126 e. The highest BCUT2D eigenvalue weighted by Gasteiger charge is 2.13. The van der Waals surface area contributed by atoms with Gasteiger partial charge in [0.2, 0.25) is 0 Å². The molecule has 0 aliphatic carbocycles. The van der Waals surface area contributed by atoms with E-state index in [4.69, 9.17) is 11.5 Å². The number of nitrogen functional groups attached to an aromatic ring is 1. The van der Waals surface area contributed by atoms with Gasteiger partial charge in [0.1, 0.15) is 5.84 Å². The predicted molar refractivity (Wildman–Crippen MR) is 50.0 cm³/mol. The Morgan fingerprint density at radius 2 is 2.08 bits per heavy atom. The average Bonchev–Trinajstić information content (AvgIpc) is 2.35. The van der Waals surface area contributed by atoms with Crippen molar-refractivity contribution in [3.8, 4) is 0 Å². The Morgan fingerprint density at radius 1 is 1.33 bits per heavy atom. The number of amidine groups is 1. The summed E-state index contributed by atoms with van der Waals surface area (Å²) in [5.41, 5.74) is 15.5. The fraction of sp³-hybridized carbons (Fsp3) is 0.222. The second-order valence-corrected chi connectivity index (χ2v) is 3.07. The van der Waals surface area contributed by atoms with E-state index in [0.29, 0.717) is 12.4 Å². The molecule has 0 atom stereocenters. The van der Waals surface area contributed by atoms with Crippen molar-refractivity contribution in [2.45, 2.75) is 13.5 Å². The van der Waals surface area contributed by atoms with Gasteiger partial charge >= 0.3 is 0 Å². The molecule has 0 saturated heterocycles. The number of benzene rings is 1. The number of hydrogen-bond donors (Lipinski definition) is 2. The van der Waals surface area contributed by atoms with E-state index in [1.54, 1.807) is 0 Å². The van der Waals surface area contributed by atoms with Gasteiger partial charge in [-0.3, -0.25) is 4.99 Å². The Labute approximate surface area is 71.1 Å². The third-order valence-corrected chi connectivity index (χ3v) is 2.19. The van der Waals surface area contributed by atoms with Gasteiger partial charge in [0, 0.05) is 11.3 Å².